The summed E-state index contributed by atoms with van der Waals surface area (Å²) in [6.07, 6.45) is 5.01. The minimum Gasteiger partial charge on any atom is -0.380 e. The highest BCUT2D eigenvalue weighted by Gasteiger charge is 2.31. The molecular formula is C16H24ClNO. The Hall–Kier alpha value is -0.570. The van der Waals surface area contributed by atoms with Crippen LogP contribution in [0.1, 0.15) is 44.2 Å². The molecule has 1 aromatic rings. The number of hydrogen-bond acceptors (Lipinski definition) is 2. The molecular weight excluding hydrogens is 258 g/mol. The molecule has 1 aliphatic carbocycles. The van der Waals surface area contributed by atoms with Crippen molar-refractivity contribution >= 4 is 11.6 Å². The number of ether oxygens (including phenoxy) is 1. The largest absolute Gasteiger partial charge is 0.380 e. The number of benzene rings is 1. The lowest BCUT2D eigenvalue weighted by Crippen LogP contribution is -2.27. The Bertz CT molecular complexity index is 362. The van der Waals surface area contributed by atoms with Crippen LogP contribution in [0.5, 0.6) is 0 Å². The van der Waals surface area contributed by atoms with Crippen LogP contribution in [-0.2, 0) is 4.74 Å². The summed E-state index contributed by atoms with van der Waals surface area (Å²) >= 11 is 5.95. The van der Waals surface area contributed by atoms with E-state index in [-0.39, 0.29) is 0 Å². The van der Waals surface area contributed by atoms with Gasteiger partial charge in [0.1, 0.15) is 0 Å². The van der Waals surface area contributed by atoms with Crippen molar-refractivity contribution in [3.8, 4) is 0 Å². The normalized spacial score (nSPS) is 16.5. The van der Waals surface area contributed by atoms with E-state index in [1.807, 2.05) is 12.1 Å². The molecule has 106 valence electrons. The molecule has 0 spiro atoms. The van der Waals surface area contributed by atoms with Gasteiger partial charge in [0, 0.05) is 24.2 Å². The fourth-order valence-corrected chi connectivity index (χ4v) is 2.42. The van der Waals surface area contributed by atoms with E-state index in [4.69, 9.17) is 16.3 Å². The summed E-state index contributed by atoms with van der Waals surface area (Å²) < 4.78 is 5.60. The van der Waals surface area contributed by atoms with Crippen LogP contribution in [0.2, 0.25) is 5.02 Å². The smallest absolute Gasteiger partial charge is 0.0591 e. The summed E-state index contributed by atoms with van der Waals surface area (Å²) in [5, 5.41) is 4.43. The van der Waals surface area contributed by atoms with Gasteiger partial charge in [-0.1, -0.05) is 37.1 Å². The highest BCUT2D eigenvalue weighted by Crippen LogP contribution is 2.41. The van der Waals surface area contributed by atoms with Crippen molar-refractivity contribution in [2.45, 2.75) is 38.6 Å². The maximum atomic E-state index is 5.95. The molecule has 0 saturated heterocycles. The van der Waals surface area contributed by atoms with Crippen LogP contribution in [0.3, 0.4) is 0 Å². The van der Waals surface area contributed by atoms with Gasteiger partial charge in [-0.2, -0.15) is 0 Å². The number of hydrogen-bond donors (Lipinski definition) is 1. The van der Waals surface area contributed by atoms with Crippen LogP contribution in [0.15, 0.2) is 24.3 Å². The van der Waals surface area contributed by atoms with Crippen molar-refractivity contribution in [3.63, 3.8) is 0 Å². The van der Waals surface area contributed by atoms with Crippen molar-refractivity contribution in [1.29, 1.82) is 0 Å². The summed E-state index contributed by atoms with van der Waals surface area (Å²) in [7, 11) is 0. The van der Waals surface area contributed by atoms with Crippen LogP contribution in [0.4, 0.5) is 0 Å². The molecule has 1 aliphatic rings. The summed E-state index contributed by atoms with van der Waals surface area (Å²) in [5.74, 6) is 0.789. The van der Waals surface area contributed by atoms with E-state index in [0.29, 0.717) is 6.04 Å². The molecule has 1 aromatic carbocycles. The maximum absolute atomic E-state index is 5.95. The van der Waals surface area contributed by atoms with Gasteiger partial charge in [-0.15, -0.1) is 0 Å². The van der Waals surface area contributed by atoms with Gasteiger partial charge in [0.25, 0.3) is 0 Å². The lowest BCUT2D eigenvalue weighted by Gasteiger charge is -2.19. The van der Waals surface area contributed by atoms with Crippen LogP contribution in [0.25, 0.3) is 0 Å². The molecule has 0 aromatic heterocycles. The zero-order valence-electron chi connectivity index (χ0n) is 11.7. The molecule has 0 radical (unpaired) electrons. The third-order valence-corrected chi connectivity index (χ3v) is 3.83. The van der Waals surface area contributed by atoms with Crippen molar-refractivity contribution < 1.29 is 4.74 Å². The standard InChI is InChI=1S/C16H24ClNO/c1-2-3-11-19-12-10-18-16(13-4-5-13)14-6-8-15(17)9-7-14/h6-9,13,16,18H,2-5,10-12H2,1H3. The first-order valence-electron chi connectivity index (χ1n) is 7.38. The lowest BCUT2D eigenvalue weighted by molar-refractivity contribution is 0.130. The minimum atomic E-state index is 0.465. The van der Waals surface area contributed by atoms with Gasteiger partial charge in [-0.25, -0.2) is 0 Å². The van der Waals surface area contributed by atoms with E-state index >= 15 is 0 Å². The lowest BCUT2D eigenvalue weighted by atomic mass is 10.0. The van der Waals surface area contributed by atoms with Crippen molar-refractivity contribution in [2.24, 2.45) is 5.92 Å². The monoisotopic (exact) mass is 281 g/mol. The zero-order valence-corrected chi connectivity index (χ0v) is 12.5. The fourth-order valence-electron chi connectivity index (χ4n) is 2.29. The van der Waals surface area contributed by atoms with Crippen LogP contribution in [0, 0.1) is 5.92 Å². The van der Waals surface area contributed by atoms with Gasteiger partial charge >= 0.3 is 0 Å². The summed E-state index contributed by atoms with van der Waals surface area (Å²) in [4.78, 5) is 0. The van der Waals surface area contributed by atoms with Gasteiger partial charge in [-0.3, -0.25) is 0 Å². The van der Waals surface area contributed by atoms with Crippen molar-refractivity contribution in [3.05, 3.63) is 34.9 Å². The summed E-state index contributed by atoms with van der Waals surface area (Å²) in [6, 6.07) is 8.69. The van der Waals surface area contributed by atoms with Crippen molar-refractivity contribution in [1.82, 2.24) is 5.32 Å². The second kappa shape index (κ2) is 7.88. The Balaban J connectivity index is 1.75. The number of nitrogens with one attached hydrogen (secondary N) is 1. The first kappa shape index (κ1) is 14.8. The Morgan fingerprint density at radius 1 is 1.26 bits per heavy atom. The highest BCUT2D eigenvalue weighted by molar-refractivity contribution is 6.30. The van der Waals surface area contributed by atoms with Crippen LogP contribution in [-0.4, -0.2) is 19.8 Å². The average Bonchev–Trinajstić information content (AvgIpc) is 3.24. The predicted octanol–water partition coefficient (Wildman–Crippen LogP) is 4.20. The van der Waals surface area contributed by atoms with E-state index in [0.717, 1.165) is 37.1 Å². The molecule has 1 atom stereocenters. The van der Waals surface area contributed by atoms with Gasteiger partial charge in [-0.05, 0) is 42.9 Å². The molecule has 2 nitrogen and oxygen atoms in total. The maximum Gasteiger partial charge on any atom is 0.0591 e. The minimum absolute atomic E-state index is 0.465. The molecule has 0 heterocycles. The molecule has 1 unspecified atom stereocenters. The quantitative estimate of drug-likeness (QED) is 0.685. The fraction of sp³-hybridized carbons (Fsp3) is 0.625. The number of halogens is 1. The summed E-state index contributed by atoms with van der Waals surface area (Å²) in [5.41, 5.74) is 1.35. The first-order valence-corrected chi connectivity index (χ1v) is 7.75. The van der Waals surface area contributed by atoms with Gasteiger partial charge < -0.3 is 10.1 Å². The topological polar surface area (TPSA) is 21.3 Å². The van der Waals surface area contributed by atoms with E-state index in [1.165, 1.54) is 24.8 Å². The van der Waals surface area contributed by atoms with Crippen LogP contribution >= 0.6 is 11.6 Å². The Morgan fingerprint density at radius 2 is 2.00 bits per heavy atom. The van der Waals surface area contributed by atoms with Gasteiger partial charge in [0.2, 0.25) is 0 Å². The molecule has 1 fully saturated rings. The first-order chi connectivity index (χ1) is 9.31. The number of unbranched alkanes of at least 4 members (excludes halogenated alkanes) is 1. The molecule has 0 aliphatic heterocycles. The van der Waals surface area contributed by atoms with Crippen molar-refractivity contribution in [2.75, 3.05) is 19.8 Å². The third kappa shape index (κ3) is 5.13. The predicted molar refractivity (Wildman–Crippen MR) is 80.6 cm³/mol. The molecule has 0 bridgehead atoms. The molecule has 19 heavy (non-hydrogen) atoms. The SMILES string of the molecule is CCCCOCCNC(c1ccc(Cl)cc1)C1CC1. The van der Waals surface area contributed by atoms with E-state index in [1.54, 1.807) is 0 Å². The average molecular weight is 282 g/mol. The highest BCUT2D eigenvalue weighted by atomic mass is 35.5. The van der Waals surface area contributed by atoms with E-state index in [2.05, 4.69) is 24.4 Å². The second-order valence-corrected chi connectivity index (χ2v) is 5.72. The Kier molecular flexibility index (Phi) is 6.15. The van der Waals surface area contributed by atoms with Crippen LogP contribution < -0.4 is 5.32 Å². The second-order valence-electron chi connectivity index (χ2n) is 5.29. The molecule has 1 saturated carbocycles. The zero-order chi connectivity index (χ0) is 13.5. The Labute approximate surface area is 121 Å². The molecule has 3 heteroatoms. The molecule has 2 rings (SSSR count). The summed E-state index contributed by atoms with van der Waals surface area (Å²) in [6.45, 7) is 4.79. The van der Waals surface area contributed by atoms with Gasteiger partial charge in [0.05, 0.1) is 6.61 Å². The Morgan fingerprint density at radius 3 is 2.63 bits per heavy atom. The molecule has 1 N–H and O–H groups in total. The number of rotatable bonds is 9. The van der Waals surface area contributed by atoms with Gasteiger partial charge in [0.15, 0.2) is 0 Å². The molecule has 0 amide bonds. The van der Waals surface area contributed by atoms with E-state index < -0.39 is 0 Å². The van der Waals surface area contributed by atoms with E-state index in [9.17, 15) is 0 Å². The third-order valence-electron chi connectivity index (χ3n) is 3.58.